The maximum atomic E-state index is 10.6. The van der Waals surface area contributed by atoms with Crippen LogP contribution in [0.15, 0.2) is 30.3 Å². The zero-order valence-corrected chi connectivity index (χ0v) is 12.7. The minimum Gasteiger partial charge on any atom is -0.384 e. The van der Waals surface area contributed by atoms with Gasteiger partial charge in [-0.1, -0.05) is 47.0 Å². The first-order chi connectivity index (χ1) is 8.90. The third-order valence-electron chi connectivity index (χ3n) is 3.27. The Morgan fingerprint density at radius 3 is 2.05 bits per heavy atom. The molecule has 0 spiro atoms. The highest BCUT2D eigenvalue weighted by Gasteiger charge is 2.18. The average Bonchev–Trinajstić information content (AvgIpc) is 2.26. The summed E-state index contributed by atoms with van der Waals surface area (Å²) in [6, 6.07) is 9.30. The third kappa shape index (κ3) is 2.94. The van der Waals surface area contributed by atoms with Crippen LogP contribution in [-0.4, -0.2) is 5.11 Å². The van der Waals surface area contributed by atoms with Crippen LogP contribution in [0.5, 0.6) is 0 Å². The van der Waals surface area contributed by atoms with Crippen LogP contribution in [0.1, 0.15) is 33.9 Å². The largest absolute Gasteiger partial charge is 0.384 e. The van der Waals surface area contributed by atoms with Crippen LogP contribution < -0.4 is 0 Å². The van der Waals surface area contributed by atoms with Gasteiger partial charge in [0.2, 0.25) is 0 Å². The molecule has 0 bridgehead atoms. The lowest BCUT2D eigenvalue weighted by Gasteiger charge is -2.19. The molecule has 0 aliphatic heterocycles. The fraction of sp³-hybridized carbons (Fsp3) is 0.250. The molecule has 0 aromatic heterocycles. The molecule has 1 atom stereocenters. The molecular weight excluding hydrogens is 279 g/mol. The van der Waals surface area contributed by atoms with E-state index in [2.05, 4.69) is 12.1 Å². The first-order valence-corrected chi connectivity index (χ1v) is 6.86. The highest BCUT2D eigenvalue weighted by Crippen LogP contribution is 2.33. The van der Waals surface area contributed by atoms with Crippen molar-refractivity contribution in [1.82, 2.24) is 0 Å². The van der Waals surface area contributed by atoms with E-state index in [9.17, 15) is 5.11 Å². The number of rotatable bonds is 2. The molecule has 1 N–H and O–H groups in total. The van der Waals surface area contributed by atoms with Gasteiger partial charge in [0.25, 0.3) is 0 Å². The summed E-state index contributed by atoms with van der Waals surface area (Å²) >= 11 is 12.1. The molecule has 0 amide bonds. The standard InChI is InChI=1S/C16H16Cl2O/c1-9-6-10(2)15(11(3)7-9)16(19)13-5-4-12(17)8-14(13)18/h4-8,16,19H,1-3H3. The summed E-state index contributed by atoms with van der Waals surface area (Å²) < 4.78 is 0. The van der Waals surface area contributed by atoms with E-state index in [0.717, 1.165) is 16.7 Å². The maximum Gasteiger partial charge on any atom is 0.106 e. The SMILES string of the molecule is Cc1cc(C)c(C(O)c2ccc(Cl)cc2Cl)c(C)c1. The second-order valence-electron chi connectivity index (χ2n) is 4.88. The summed E-state index contributed by atoms with van der Waals surface area (Å²) in [6.45, 7) is 6.05. The van der Waals surface area contributed by atoms with E-state index in [1.807, 2.05) is 20.8 Å². The lowest BCUT2D eigenvalue weighted by atomic mass is 9.92. The van der Waals surface area contributed by atoms with E-state index in [1.54, 1.807) is 18.2 Å². The van der Waals surface area contributed by atoms with Crippen molar-refractivity contribution in [3.63, 3.8) is 0 Å². The summed E-state index contributed by atoms with van der Waals surface area (Å²) in [5.41, 5.74) is 4.91. The van der Waals surface area contributed by atoms with Gasteiger partial charge in [-0.25, -0.2) is 0 Å². The van der Waals surface area contributed by atoms with Crippen LogP contribution >= 0.6 is 23.2 Å². The highest BCUT2D eigenvalue weighted by molar-refractivity contribution is 6.35. The van der Waals surface area contributed by atoms with Gasteiger partial charge >= 0.3 is 0 Å². The van der Waals surface area contributed by atoms with Crippen molar-refractivity contribution in [3.05, 3.63) is 68.2 Å². The Morgan fingerprint density at radius 1 is 0.947 bits per heavy atom. The summed E-state index contributed by atoms with van der Waals surface area (Å²) in [7, 11) is 0. The predicted molar refractivity (Wildman–Crippen MR) is 81.2 cm³/mol. The fourth-order valence-corrected chi connectivity index (χ4v) is 3.01. The molecule has 0 radical (unpaired) electrons. The average molecular weight is 295 g/mol. The van der Waals surface area contributed by atoms with Gasteiger partial charge in [-0.3, -0.25) is 0 Å². The Morgan fingerprint density at radius 2 is 1.53 bits per heavy atom. The molecule has 1 nitrogen and oxygen atoms in total. The molecule has 19 heavy (non-hydrogen) atoms. The van der Waals surface area contributed by atoms with Crippen molar-refractivity contribution in [2.45, 2.75) is 26.9 Å². The second kappa shape index (κ2) is 5.54. The lowest BCUT2D eigenvalue weighted by Crippen LogP contribution is -2.05. The molecule has 2 rings (SSSR count). The van der Waals surface area contributed by atoms with E-state index in [1.165, 1.54) is 5.56 Å². The molecule has 3 heteroatoms. The van der Waals surface area contributed by atoms with Gasteiger partial charge < -0.3 is 5.11 Å². The highest BCUT2D eigenvalue weighted by atomic mass is 35.5. The van der Waals surface area contributed by atoms with E-state index in [-0.39, 0.29) is 0 Å². The normalized spacial score (nSPS) is 12.5. The van der Waals surface area contributed by atoms with Crippen molar-refractivity contribution in [2.75, 3.05) is 0 Å². The monoisotopic (exact) mass is 294 g/mol. The second-order valence-corrected chi connectivity index (χ2v) is 5.72. The Kier molecular flexibility index (Phi) is 4.19. The Balaban J connectivity index is 2.53. The smallest absolute Gasteiger partial charge is 0.106 e. The van der Waals surface area contributed by atoms with Crippen LogP contribution in [0, 0.1) is 20.8 Å². The van der Waals surface area contributed by atoms with E-state index in [4.69, 9.17) is 23.2 Å². The number of aliphatic hydroxyl groups is 1. The van der Waals surface area contributed by atoms with Gasteiger partial charge in [0, 0.05) is 15.6 Å². The molecule has 0 saturated heterocycles. The van der Waals surface area contributed by atoms with Crippen molar-refractivity contribution < 1.29 is 5.11 Å². The van der Waals surface area contributed by atoms with Crippen molar-refractivity contribution in [2.24, 2.45) is 0 Å². The molecule has 0 heterocycles. The topological polar surface area (TPSA) is 20.2 Å². The first-order valence-electron chi connectivity index (χ1n) is 6.11. The molecule has 0 aliphatic carbocycles. The third-order valence-corrected chi connectivity index (χ3v) is 3.83. The van der Waals surface area contributed by atoms with Gasteiger partial charge in [-0.05, 0) is 49.6 Å². The molecule has 0 saturated carbocycles. The zero-order valence-electron chi connectivity index (χ0n) is 11.2. The number of benzene rings is 2. The zero-order chi connectivity index (χ0) is 14.2. The van der Waals surface area contributed by atoms with Gasteiger partial charge in [0.1, 0.15) is 6.10 Å². The van der Waals surface area contributed by atoms with Gasteiger partial charge in [0.05, 0.1) is 0 Å². The molecule has 2 aromatic carbocycles. The molecule has 1 unspecified atom stereocenters. The summed E-state index contributed by atoms with van der Waals surface area (Å²) in [4.78, 5) is 0. The lowest BCUT2D eigenvalue weighted by molar-refractivity contribution is 0.219. The minimum absolute atomic E-state index is 0.486. The van der Waals surface area contributed by atoms with Crippen LogP contribution in [0.4, 0.5) is 0 Å². The number of hydrogen-bond acceptors (Lipinski definition) is 1. The van der Waals surface area contributed by atoms with Crippen LogP contribution in [0.25, 0.3) is 0 Å². The number of aryl methyl sites for hydroxylation is 3. The summed E-state index contributed by atoms with van der Waals surface area (Å²) in [5.74, 6) is 0. The Bertz CT molecular complexity index is 597. The summed E-state index contributed by atoms with van der Waals surface area (Å²) in [5, 5.41) is 11.6. The van der Waals surface area contributed by atoms with Crippen LogP contribution in [0.2, 0.25) is 10.0 Å². The Labute approximate surface area is 123 Å². The molecule has 2 aromatic rings. The molecular formula is C16H16Cl2O. The number of halogens is 2. The maximum absolute atomic E-state index is 10.6. The van der Waals surface area contributed by atoms with Crippen molar-refractivity contribution in [3.8, 4) is 0 Å². The van der Waals surface area contributed by atoms with Gasteiger partial charge in [0.15, 0.2) is 0 Å². The molecule has 0 aliphatic rings. The number of aliphatic hydroxyl groups excluding tert-OH is 1. The van der Waals surface area contributed by atoms with Gasteiger partial charge in [-0.15, -0.1) is 0 Å². The van der Waals surface area contributed by atoms with E-state index in [0.29, 0.717) is 15.6 Å². The van der Waals surface area contributed by atoms with Crippen molar-refractivity contribution in [1.29, 1.82) is 0 Å². The number of hydrogen-bond donors (Lipinski definition) is 1. The first kappa shape index (κ1) is 14.4. The van der Waals surface area contributed by atoms with Gasteiger partial charge in [-0.2, -0.15) is 0 Å². The minimum atomic E-state index is -0.731. The predicted octanol–water partition coefficient (Wildman–Crippen LogP) is 5.00. The summed E-state index contributed by atoms with van der Waals surface area (Å²) in [6.07, 6.45) is -0.731. The molecule has 0 fully saturated rings. The molecule has 100 valence electrons. The Hall–Kier alpha value is -1.02. The van der Waals surface area contributed by atoms with E-state index >= 15 is 0 Å². The van der Waals surface area contributed by atoms with Crippen molar-refractivity contribution >= 4 is 23.2 Å². The van der Waals surface area contributed by atoms with E-state index < -0.39 is 6.10 Å². The van der Waals surface area contributed by atoms with Crippen LogP contribution in [0.3, 0.4) is 0 Å². The fourth-order valence-electron chi connectivity index (χ4n) is 2.50. The van der Waals surface area contributed by atoms with Crippen LogP contribution in [-0.2, 0) is 0 Å². The quantitative estimate of drug-likeness (QED) is 0.826.